The monoisotopic (exact) mass is 358 g/mol. The molecule has 2 aliphatic rings. The summed E-state index contributed by atoms with van der Waals surface area (Å²) in [6.45, 7) is 1.82. The molecule has 0 radical (unpaired) electrons. The number of fused-ring (bicyclic) bond motifs is 1. The van der Waals surface area contributed by atoms with Crippen molar-refractivity contribution in [3.05, 3.63) is 40.3 Å². The van der Waals surface area contributed by atoms with Crippen LogP contribution in [-0.2, 0) is 11.2 Å². The van der Waals surface area contributed by atoms with Crippen LogP contribution in [0.1, 0.15) is 36.4 Å². The van der Waals surface area contributed by atoms with E-state index in [9.17, 15) is 4.79 Å². The van der Waals surface area contributed by atoms with Crippen molar-refractivity contribution in [3.8, 4) is 11.5 Å². The molecule has 2 aromatic rings. The van der Waals surface area contributed by atoms with Crippen LogP contribution in [0.5, 0.6) is 11.5 Å². The van der Waals surface area contributed by atoms with Gasteiger partial charge in [0, 0.05) is 24.8 Å². The van der Waals surface area contributed by atoms with Gasteiger partial charge in [-0.2, -0.15) is 0 Å². The average Bonchev–Trinajstić information content (AvgIpc) is 3.35. The van der Waals surface area contributed by atoms with E-state index in [-0.39, 0.29) is 11.8 Å². The van der Waals surface area contributed by atoms with Crippen LogP contribution in [0.2, 0.25) is 0 Å². The van der Waals surface area contributed by atoms with Gasteiger partial charge in [0.2, 0.25) is 5.91 Å². The molecular formula is C19H22N2O3S. The minimum atomic E-state index is 0.113. The van der Waals surface area contributed by atoms with Gasteiger partial charge in [-0.1, -0.05) is 6.07 Å². The number of hydrogen-bond acceptors (Lipinski definition) is 5. The van der Waals surface area contributed by atoms with Gasteiger partial charge in [-0.05, 0) is 42.4 Å². The Morgan fingerprint density at radius 2 is 2.12 bits per heavy atom. The van der Waals surface area contributed by atoms with E-state index in [1.54, 1.807) is 11.3 Å². The topological polar surface area (TPSA) is 60.5 Å². The molecule has 1 amide bonds. The molecule has 0 saturated heterocycles. The first-order chi connectivity index (χ1) is 12.3. The van der Waals surface area contributed by atoms with E-state index in [0.29, 0.717) is 32.1 Å². The van der Waals surface area contributed by atoms with Crippen LogP contribution in [0.15, 0.2) is 29.1 Å². The molecule has 2 heterocycles. The number of thiazole rings is 1. The minimum Gasteiger partial charge on any atom is -0.486 e. The number of rotatable bonds is 7. The molecule has 1 aromatic heterocycles. The number of aromatic nitrogens is 1. The highest BCUT2D eigenvalue weighted by atomic mass is 32.1. The SMILES string of the molecule is O=C(CC(c1ccc2c(c1)OCCO2)C1CC1)NCCc1cscn1. The predicted molar refractivity (Wildman–Crippen MR) is 96.3 cm³/mol. The number of nitrogens with zero attached hydrogens (tertiary/aromatic N) is 1. The third kappa shape index (κ3) is 4.12. The fourth-order valence-corrected chi connectivity index (χ4v) is 3.90. The van der Waals surface area contributed by atoms with Crippen LogP contribution in [-0.4, -0.2) is 30.6 Å². The van der Waals surface area contributed by atoms with Crippen LogP contribution in [0.4, 0.5) is 0 Å². The van der Waals surface area contributed by atoms with Crippen molar-refractivity contribution < 1.29 is 14.3 Å². The van der Waals surface area contributed by atoms with Gasteiger partial charge in [0.15, 0.2) is 11.5 Å². The molecule has 1 aliphatic carbocycles. The molecule has 1 atom stereocenters. The Labute approximate surface area is 151 Å². The quantitative estimate of drug-likeness (QED) is 0.826. The standard InChI is InChI=1S/C19H22N2O3S/c22-19(20-6-5-15-11-25-12-21-15)10-16(13-1-2-13)14-3-4-17-18(9-14)24-8-7-23-17/h3-4,9,11-13,16H,1-2,5-8,10H2,(H,20,22). The Balaban J connectivity index is 1.37. The Morgan fingerprint density at radius 1 is 1.28 bits per heavy atom. The fraction of sp³-hybridized carbons (Fsp3) is 0.474. The zero-order valence-corrected chi connectivity index (χ0v) is 14.9. The summed E-state index contributed by atoms with van der Waals surface area (Å²) >= 11 is 1.58. The van der Waals surface area contributed by atoms with Crippen LogP contribution >= 0.6 is 11.3 Å². The number of carbonyl (C=O) groups is 1. The Hall–Kier alpha value is -2.08. The molecular weight excluding hydrogens is 336 g/mol. The number of hydrogen-bond donors (Lipinski definition) is 1. The molecule has 6 heteroatoms. The van der Waals surface area contributed by atoms with Gasteiger partial charge < -0.3 is 14.8 Å². The van der Waals surface area contributed by atoms with Gasteiger partial charge in [-0.15, -0.1) is 11.3 Å². The summed E-state index contributed by atoms with van der Waals surface area (Å²) in [6, 6.07) is 6.11. The highest BCUT2D eigenvalue weighted by Crippen LogP contribution is 2.46. The molecule has 1 aromatic carbocycles. The highest BCUT2D eigenvalue weighted by Gasteiger charge is 2.34. The van der Waals surface area contributed by atoms with Crippen molar-refractivity contribution >= 4 is 17.2 Å². The Bertz CT molecular complexity index is 728. The van der Waals surface area contributed by atoms with Crippen molar-refractivity contribution in [2.24, 2.45) is 5.92 Å². The largest absolute Gasteiger partial charge is 0.486 e. The summed E-state index contributed by atoms with van der Waals surface area (Å²) in [5, 5.41) is 5.06. The molecule has 1 aliphatic heterocycles. The molecule has 1 N–H and O–H groups in total. The van der Waals surface area contributed by atoms with Crippen LogP contribution in [0, 0.1) is 5.92 Å². The lowest BCUT2D eigenvalue weighted by atomic mass is 9.90. The second-order valence-corrected chi connectivity index (χ2v) is 7.35. The maximum atomic E-state index is 12.4. The molecule has 1 unspecified atom stereocenters. The normalized spacial score (nSPS) is 17.1. The predicted octanol–water partition coefficient (Wildman–Crippen LogP) is 3.16. The lowest BCUT2D eigenvalue weighted by Crippen LogP contribution is -2.27. The lowest BCUT2D eigenvalue weighted by Gasteiger charge is -2.22. The molecule has 5 nitrogen and oxygen atoms in total. The first-order valence-electron chi connectivity index (χ1n) is 8.83. The summed E-state index contributed by atoms with van der Waals surface area (Å²) in [5.41, 5.74) is 4.04. The second-order valence-electron chi connectivity index (χ2n) is 6.63. The van der Waals surface area contributed by atoms with E-state index in [2.05, 4.69) is 22.4 Å². The number of carbonyl (C=O) groups excluding carboxylic acids is 1. The van der Waals surface area contributed by atoms with Gasteiger partial charge in [0.25, 0.3) is 0 Å². The number of benzene rings is 1. The molecule has 4 rings (SSSR count). The van der Waals surface area contributed by atoms with E-state index in [4.69, 9.17) is 9.47 Å². The number of ether oxygens (including phenoxy) is 2. The van der Waals surface area contributed by atoms with E-state index in [1.165, 1.54) is 18.4 Å². The average molecular weight is 358 g/mol. The highest BCUT2D eigenvalue weighted by molar-refractivity contribution is 7.07. The maximum Gasteiger partial charge on any atom is 0.220 e. The summed E-state index contributed by atoms with van der Waals surface area (Å²) < 4.78 is 11.3. The van der Waals surface area contributed by atoms with E-state index in [1.807, 2.05) is 17.0 Å². The van der Waals surface area contributed by atoms with Crippen molar-refractivity contribution in [2.75, 3.05) is 19.8 Å². The maximum absolute atomic E-state index is 12.4. The summed E-state index contributed by atoms with van der Waals surface area (Å²) in [6.07, 6.45) is 3.71. The first kappa shape index (κ1) is 16.4. The van der Waals surface area contributed by atoms with E-state index < -0.39 is 0 Å². The molecule has 25 heavy (non-hydrogen) atoms. The fourth-order valence-electron chi connectivity index (χ4n) is 3.31. The summed E-state index contributed by atoms with van der Waals surface area (Å²) in [4.78, 5) is 16.6. The zero-order valence-electron chi connectivity index (χ0n) is 14.1. The van der Waals surface area contributed by atoms with E-state index in [0.717, 1.165) is 23.6 Å². The third-order valence-corrected chi connectivity index (χ3v) is 5.41. The van der Waals surface area contributed by atoms with Crippen molar-refractivity contribution in [1.29, 1.82) is 0 Å². The minimum absolute atomic E-state index is 0.113. The van der Waals surface area contributed by atoms with Crippen molar-refractivity contribution in [3.63, 3.8) is 0 Å². The third-order valence-electron chi connectivity index (χ3n) is 4.78. The molecule has 0 spiro atoms. The van der Waals surface area contributed by atoms with Gasteiger partial charge in [-0.3, -0.25) is 4.79 Å². The van der Waals surface area contributed by atoms with Gasteiger partial charge in [0.1, 0.15) is 13.2 Å². The van der Waals surface area contributed by atoms with Crippen LogP contribution in [0.25, 0.3) is 0 Å². The van der Waals surface area contributed by atoms with Gasteiger partial charge in [0.05, 0.1) is 11.2 Å². The van der Waals surface area contributed by atoms with Gasteiger partial charge >= 0.3 is 0 Å². The van der Waals surface area contributed by atoms with Crippen LogP contribution in [0.3, 0.4) is 0 Å². The Kier molecular flexibility index (Phi) is 4.88. The summed E-state index contributed by atoms with van der Waals surface area (Å²) in [5.74, 6) is 2.58. The molecule has 132 valence electrons. The number of amides is 1. The van der Waals surface area contributed by atoms with Gasteiger partial charge in [-0.25, -0.2) is 4.98 Å². The molecule has 0 bridgehead atoms. The summed E-state index contributed by atoms with van der Waals surface area (Å²) in [7, 11) is 0. The number of nitrogens with one attached hydrogen (secondary N) is 1. The van der Waals surface area contributed by atoms with E-state index >= 15 is 0 Å². The zero-order chi connectivity index (χ0) is 17.1. The van der Waals surface area contributed by atoms with Crippen LogP contribution < -0.4 is 14.8 Å². The smallest absolute Gasteiger partial charge is 0.220 e. The lowest BCUT2D eigenvalue weighted by molar-refractivity contribution is -0.121. The first-order valence-corrected chi connectivity index (χ1v) is 9.77. The Morgan fingerprint density at radius 3 is 2.88 bits per heavy atom. The second kappa shape index (κ2) is 7.44. The van der Waals surface area contributed by atoms with Crippen molar-refractivity contribution in [2.45, 2.75) is 31.6 Å². The molecule has 1 saturated carbocycles. The molecule has 1 fully saturated rings. The van der Waals surface area contributed by atoms with Crippen molar-refractivity contribution in [1.82, 2.24) is 10.3 Å².